The maximum Gasteiger partial charge on any atom is 0.244 e. The summed E-state index contributed by atoms with van der Waals surface area (Å²) in [6.45, 7) is 2.70. The standard InChI is InChI=1S/C18H19NO/c1-15-7-9-17(10-8-15)11-12-18(20)19-14-13-16-5-3-2-4-6-16/h2-12H,13-14H2,1H3,(H,19,20). The van der Waals surface area contributed by atoms with E-state index in [1.165, 1.54) is 11.1 Å². The number of hydrogen-bond donors (Lipinski definition) is 1. The predicted molar refractivity (Wildman–Crippen MR) is 83.4 cm³/mol. The van der Waals surface area contributed by atoms with Gasteiger partial charge < -0.3 is 5.32 Å². The SMILES string of the molecule is Cc1ccc(C=CC(=O)NCCc2ccccc2)cc1. The van der Waals surface area contributed by atoms with Crippen LogP contribution in [0.15, 0.2) is 60.7 Å². The van der Waals surface area contributed by atoms with Gasteiger partial charge in [0.2, 0.25) is 5.91 Å². The Kier molecular flexibility index (Phi) is 5.13. The van der Waals surface area contributed by atoms with Crippen LogP contribution in [-0.2, 0) is 11.2 Å². The molecule has 0 aliphatic heterocycles. The summed E-state index contributed by atoms with van der Waals surface area (Å²) in [6, 6.07) is 18.2. The van der Waals surface area contributed by atoms with Crippen molar-refractivity contribution >= 4 is 12.0 Å². The van der Waals surface area contributed by atoms with Gasteiger partial charge in [-0.1, -0.05) is 60.2 Å². The van der Waals surface area contributed by atoms with E-state index in [1.54, 1.807) is 6.08 Å². The zero-order valence-electron chi connectivity index (χ0n) is 11.7. The van der Waals surface area contributed by atoms with Gasteiger partial charge in [-0.3, -0.25) is 4.79 Å². The quantitative estimate of drug-likeness (QED) is 0.825. The third-order valence-electron chi connectivity index (χ3n) is 3.06. The molecule has 0 bridgehead atoms. The predicted octanol–water partition coefficient (Wildman–Crippen LogP) is 3.37. The van der Waals surface area contributed by atoms with Gasteiger partial charge in [-0.2, -0.15) is 0 Å². The molecule has 0 aliphatic rings. The Balaban J connectivity index is 1.76. The highest BCUT2D eigenvalue weighted by Gasteiger charge is 1.96. The van der Waals surface area contributed by atoms with Gasteiger partial charge in [0, 0.05) is 12.6 Å². The smallest absolute Gasteiger partial charge is 0.244 e. The number of amides is 1. The number of nitrogens with one attached hydrogen (secondary N) is 1. The minimum atomic E-state index is -0.0542. The minimum Gasteiger partial charge on any atom is -0.352 e. The van der Waals surface area contributed by atoms with Gasteiger partial charge in [0.25, 0.3) is 0 Å². The summed E-state index contributed by atoms with van der Waals surface area (Å²) >= 11 is 0. The van der Waals surface area contributed by atoms with Gasteiger partial charge in [0.05, 0.1) is 0 Å². The minimum absolute atomic E-state index is 0.0542. The van der Waals surface area contributed by atoms with Crippen molar-refractivity contribution in [3.63, 3.8) is 0 Å². The molecular formula is C18H19NO. The fourth-order valence-corrected chi connectivity index (χ4v) is 1.88. The zero-order valence-corrected chi connectivity index (χ0v) is 11.7. The van der Waals surface area contributed by atoms with Crippen LogP contribution in [0.3, 0.4) is 0 Å². The zero-order chi connectivity index (χ0) is 14.2. The first-order valence-electron chi connectivity index (χ1n) is 6.80. The lowest BCUT2D eigenvalue weighted by molar-refractivity contribution is -0.116. The summed E-state index contributed by atoms with van der Waals surface area (Å²) in [5, 5.41) is 2.89. The molecule has 0 spiro atoms. The molecule has 20 heavy (non-hydrogen) atoms. The molecule has 0 atom stereocenters. The average Bonchev–Trinajstić information content (AvgIpc) is 2.48. The first kappa shape index (κ1) is 14.1. The first-order valence-corrected chi connectivity index (χ1v) is 6.80. The Morgan fingerprint density at radius 1 is 1.05 bits per heavy atom. The lowest BCUT2D eigenvalue weighted by Gasteiger charge is -2.02. The number of rotatable bonds is 5. The molecular weight excluding hydrogens is 246 g/mol. The molecule has 0 aromatic heterocycles. The molecule has 0 fully saturated rings. The van der Waals surface area contributed by atoms with Crippen molar-refractivity contribution < 1.29 is 4.79 Å². The lowest BCUT2D eigenvalue weighted by Crippen LogP contribution is -2.23. The van der Waals surface area contributed by atoms with E-state index >= 15 is 0 Å². The monoisotopic (exact) mass is 265 g/mol. The Hall–Kier alpha value is -2.35. The highest BCUT2D eigenvalue weighted by Crippen LogP contribution is 2.04. The van der Waals surface area contributed by atoms with Gasteiger partial charge in [-0.25, -0.2) is 0 Å². The van der Waals surface area contributed by atoms with Crippen LogP contribution in [0.4, 0.5) is 0 Å². The number of benzene rings is 2. The second-order valence-corrected chi connectivity index (χ2v) is 4.77. The molecule has 2 heteroatoms. The summed E-state index contributed by atoms with van der Waals surface area (Å²) in [5.74, 6) is -0.0542. The molecule has 2 rings (SSSR count). The molecule has 0 saturated carbocycles. The molecule has 1 amide bonds. The Bertz CT molecular complexity index is 570. The highest BCUT2D eigenvalue weighted by molar-refractivity contribution is 5.91. The maximum absolute atomic E-state index is 11.7. The summed E-state index contributed by atoms with van der Waals surface area (Å²) in [5.41, 5.74) is 3.48. The van der Waals surface area contributed by atoms with E-state index < -0.39 is 0 Å². The molecule has 2 aromatic rings. The molecule has 0 aliphatic carbocycles. The van der Waals surface area contributed by atoms with Crippen LogP contribution < -0.4 is 5.32 Å². The number of carbonyl (C=O) groups excluding carboxylic acids is 1. The molecule has 0 radical (unpaired) electrons. The Morgan fingerprint density at radius 2 is 1.75 bits per heavy atom. The second kappa shape index (κ2) is 7.29. The van der Waals surface area contributed by atoms with Crippen LogP contribution in [0.5, 0.6) is 0 Å². The van der Waals surface area contributed by atoms with Crippen LogP contribution in [-0.4, -0.2) is 12.5 Å². The maximum atomic E-state index is 11.7. The summed E-state index contributed by atoms with van der Waals surface area (Å²) in [4.78, 5) is 11.7. The molecule has 0 saturated heterocycles. The molecule has 0 heterocycles. The van der Waals surface area contributed by atoms with Crippen molar-refractivity contribution in [1.29, 1.82) is 0 Å². The number of aryl methyl sites for hydroxylation is 1. The van der Waals surface area contributed by atoms with Gasteiger partial charge in [-0.15, -0.1) is 0 Å². The van der Waals surface area contributed by atoms with Gasteiger partial charge in [0.1, 0.15) is 0 Å². The van der Waals surface area contributed by atoms with E-state index in [0.717, 1.165) is 12.0 Å². The van der Waals surface area contributed by atoms with Crippen LogP contribution >= 0.6 is 0 Å². The normalized spacial score (nSPS) is 10.7. The first-order chi connectivity index (χ1) is 9.74. The van der Waals surface area contributed by atoms with E-state index in [2.05, 4.69) is 17.4 Å². The average molecular weight is 265 g/mol. The van der Waals surface area contributed by atoms with Crippen molar-refractivity contribution in [2.45, 2.75) is 13.3 Å². The highest BCUT2D eigenvalue weighted by atomic mass is 16.1. The fraction of sp³-hybridized carbons (Fsp3) is 0.167. The number of hydrogen-bond acceptors (Lipinski definition) is 1. The van der Waals surface area contributed by atoms with E-state index in [9.17, 15) is 4.79 Å². The van der Waals surface area contributed by atoms with Crippen molar-refractivity contribution in [3.8, 4) is 0 Å². The van der Waals surface area contributed by atoms with Crippen molar-refractivity contribution in [2.75, 3.05) is 6.54 Å². The van der Waals surface area contributed by atoms with Crippen molar-refractivity contribution in [2.24, 2.45) is 0 Å². The lowest BCUT2D eigenvalue weighted by atomic mass is 10.1. The third-order valence-corrected chi connectivity index (χ3v) is 3.06. The van der Waals surface area contributed by atoms with E-state index in [4.69, 9.17) is 0 Å². The van der Waals surface area contributed by atoms with E-state index in [-0.39, 0.29) is 5.91 Å². The number of carbonyl (C=O) groups is 1. The van der Waals surface area contributed by atoms with Gasteiger partial charge in [0.15, 0.2) is 0 Å². The molecule has 102 valence electrons. The van der Waals surface area contributed by atoms with Crippen molar-refractivity contribution in [1.82, 2.24) is 5.32 Å². The molecule has 2 aromatic carbocycles. The van der Waals surface area contributed by atoms with Crippen LogP contribution in [0.25, 0.3) is 6.08 Å². The van der Waals surface area contributed by atoms with Crippen LogP contribution in [0.2, 0.25) is 0 Å². The molecule has 2 nitrogen and oxygen atoms in total. The second-order valence-electron chi connectivity index (χ2n) is 4.77. The third kappa shape index (κ3) is 4.73. The van der Waals surface area contributed by atoms with Gasteiger partial charge >= 0.3 is 0 Å². The molecule has 1 N–H and O–H groups in total. The Labute approximate surface area is 120 Å². The van der Waals surface area contributed by atoms with E-state index in [1.807, 2.05) is 55.5 Å². The summed E-state index contributed by atoms with van der Waals surface area (Å²) < 4.78 is 0. The summed E-state index contributed by atoms with van der Waals surface area (Å²) in [6.07, 6.45) is 4.26. The van der Waals surface area contributed by atoms with Crippen molar-refractivity contribution in [3.05, 3.63) is 77.4 Å². The van der Waals surface area contributed by atoms with Gasteiger partial charge in [-0.05, 0) is 30.5 Å². The van der Waals surface area contributed by atoms with Crippen LogP contribution in [0.1, 0.15) is 16.7 Å². The van der Waals surface area contributed by atoms with Crippen LogP contribution in [0, 0.1) is 6.92 Å². The Morgan fingerprint density at radius 3 is 2.45 bits per heavy atom. The molecule has 0 unspecified atom stereocenters. The summed E-state index contributed by atoms with van der Waals surface area (Å²) in [7, 11) is 0. The largest absolute Gasteiger partial charge is 0.352 e. The topological polar surface area (TPSA) is 29.1 Å². The van der Waals surface area contributed by atoms with E-state index in [0.29, 0.717) is 6.54 Å². The fourth-order valence-electron chi connectivity index (χ4n) is 1.88.